The Balaban J connectivity index is 2.35. The highest BCUT2D eigenvalue weighted by molar-refractivity contribution is 5.69. The molecule has 0 amide bonds. The van der Waals surface area contributed by atoms with Gasteiger partial charge in [-0.25, -0.2) is 20.2 Å². The normalized spacial score (nSPS) is 10.2. The molecule has 1 aromatic carbocycles. The molecule has 2 aromatic rings. The van der Waals surface area contributed by atoms with Crippen LogP contribution in [0.2, 0.25) is 0 Å². The molecule has 0 aliphatic rings. The number of hydrazine groups is 1. The quantitative estimate of drug-likeness (QED) is 0.487. The molecular weight excluding hydrogens is 279 g/mol. The Hall–Kier alpha value is -2.81. The number of nitrogen functional groups attached to an aromatic ring is 1. The van der Waals surface area contributed by atoms with Crippen LogP contribution in [-0.4, -0.2) is 21.9 Å². The van der Waals surface area contributed by atoms with E-state index in [9.17, 15) is 14.5 Å². The van der Waals surface area contributed by atoms with Gasteiger partial charge in [-0.15, -0.1) is 0 Å². The topological polar surface area (TPSA) is 110 Å². The summed E-state index contributed by atoms with van der Waals surface area (Å²) in [6, 6.07) is 5.97. The van der Waals surface area contributed by atoms with Gasteiger partial charge in [-0.05, 0) is 17.7 Å². The van der Waals surface area contributed by atoms with Gasteiger partial charge in [0.15, 0.2) is 0 Å². The Morgan fingerprint density at radius 1 is 1.48 bits per heavy atom. The first-order chi connectivity index (χ1) is 10.0. The lowest BCUT2D eigenvalue weighted by Crippen LogP contribution is -2.21. The third-order valence-corrected chi connectivity index (χ3v) is 2.79. The maximum atomic E-state index is 13.2. The molecule has 9 heteroatoms. The molecule has 0 aliphatic carbocycles. The summed E-state index contributed by atoms with van der Waals surface area (Å²) < 4.78 is 13.2. The standard InChI is InChI=1S/C12H13FN6O2/c1-18(6-8-3-2-4-9(13)5-8)12-10(19(20)21)11(17-14)15-7-16-12/h2-5,7H,6,14H2,1H3,(H,15,16,17). The number of rotatable bonds is 5. The van der Waals surface area contributed by atoms with E-state index >= 15 is 0 Å². The van der Waals surface area contributed by atoms with E-state index < -0.39 is 4.92 Å². The van der Waals surface area contributed by atoms with E-state index in [1.165, 1.54) is 23.4 Å². The van der Waals surface area contributed by atoms with Crippen LogP contribution in [0.1, 0.15) is 5.56 Å². The molecule has 1 heterocycles. The third-order valence-electron chi connectivity index (χ3n) is 2.79. The smallest absolute Gasteiger partial charge is 0.349 e. The first kappa shape index (κ1) is 14.6. The number of nitro groups is 1. The number of nitrogens with two attached hydrogens (primary N) is 1. The SMILES string of the molecule is CN(Cc1cccc(F)c1)c1ncnc(NN)c1[N+](=O)[O-]. The second-order valence-electron chi connectivity index (χ2n) is 4.28. The van der Waals surface area contributed by atoms with Gasteiger partial charge in [0, 0.05) is 13.6 Å². The average molecular weight is 292 g/mol. The fourth-order valence-corrected chi connectivity index (χ4v) is 1.91. The maximum Gasteiger partial charge on any atom is 0.354 e. The first-order valence-electron chi connectivity index (χ1n) is 5.94. The van der Waals surface area contributed by atoms with Crippen LogP contribution in [0.5, 0.6) is 0 Å². The molecular formula is C12H13FN6O2. The minimum Gasteiger partial charge on any atom is -0.349 e. The van der Waals surface area contributed by atoms with Crippen molar-refractivity contribution in [3.8, 4) is 0 Å². The minimum atomic E-state index is -0.618. The molecule has 0 fully saturated rings. The summed E-state index contributed by atoms with van der Waals surface area (Å²) in [5.74, 6) is 4.85. The first-order valence-corrected chi connectivity index (χ1v) is 5.94. The summed E-state index contributed by atoms with van der Waals surface area (Å²) in [5.41, 5.74) is 2.49. The molecule has 21 heavy (non-hydrogen) atoms. The number of halogens is 1. The highest BCUT2D eigenvalue weighted by atomic mass is 19.1. The van der Waals surface area contributed by atoms with Crippen molar-refractivity contribution in [3.63, 3.8) is 0 Å². The fourth-order valence-electron chi connectivity index (χ4n) is 1.91. The zero-order valence-corrected chi connectivity index (χ0v) is 11.2. The molecule has 1 aromatic heterocycles. The lowest BCUT2D eigenvalue weighted by molar-refractivity contribution is -0.383. The molecule has 0 spiro atoms. The fraction of sp³-hybridized carbons (Fsp3) is 0.167. The summed E-state index contributed by atoms with van der Waals surface area (Å²) in [5, 5.41) is 11.2. The van der Waals surface area contributed by atoms with Crippen molar-refractivity contribution in [3.05, 3.63) is 52.1 Å². The zero-order valence-electron chi connectivity index (χ0n) is 11.2. The van der Waals surface area contributed by atoms with Crippen LogP contribution in [0.4, 0.5) is 21.7 Å². The van der Waals surface area contributed by atoms with Gasteiger partial charge in [0.25, 0.3) is 0 Å². The van der Waals surface area contributed by atoms with Crippen molar-refractivity contribution in [2.75, 3.05) is 17.4 Å². The second-order valence-corrected chi connectivity index (χ2v) is 4.28. The van der Waals surface area contributed by atoms with Crippen molar-refractivity contribution in [2.24, 2.45) is 5.84 Å². The highest BCUT2D eigenvalue weighted by Crippen LogP contribution is 2.31. The molecule has 110 valence electrons. The summed E-state index contributed by atoms with van der Waals surface area (Å²) in [6.07, 6.45) is 1.17. The van der Waals surface area contributed by atoms with Gasteiger partial charge in [0.2, 0.25) is 11.6 Å². The van der Waals surface area contributed by atoms with Crippen LogP contribution < -0.4 is 16.2 Å². The van der Waals surface area contributed by atoms with Crippen molar-refractivity contribution in [1.82, 2.24) is 9.97 Å². The molecule has 3 N–H and O–H groups in total. The van der Waals surface area contributed by atoms with Crippen LogP contribution in [-0.2, 0) is 6.54 Å². The van der Waals surface area contributed by atoms with Gasteiger partial charge in [0.1, 0.15) is 12.1 Å². The number of aromatic nitrogens is 2. The van der Waals surface area contributed by atoms with Gasteiger partial charge in [-0.1, -0.05) is 12.1 Å². The molecule has 0 saturated carbocycles. The largest absolute Gasteiger partial charge is 0.354 e. The molecule has 0 bridgehead atoms. The monoisotopic (exact) mass is 292 g/mol. The van der Waals surface area contributed by atoms with Crippen molar-refractivity contribution >= 4 is 17.3 Å². The van der Waals surface area contributed by atoms with Crippen LogP contribution in [0.25, 0.3) is 0 Å². The number of benzene rings is 1. The van der Waals surface area contributed by atoms with E-state index in [1.54, 1.807) is 19.2 Å². The Morgan fingerprint density at radius 3 is 2.86 bits per heavy atom. The lowest BCUT2D eigenvalue weighted by atomic mass is 10.2. The van der Waals surface area contributed by atoms with E-state index in [-0.39, 0.29) is 29.7 Å². The number of hydrogen-bond donors (Lipinski definition) is 2. The Bertz CT molecular complexity index is 666. The van der Waals surface area contributed by atoms with Crippen molar-refractivity contribution in [2.45, 2.75) is 6.54 Å². The number of hydrogen-bond acceptors (Lipinski definition) is 7. The van der Waals surface area contributed by atoms with Gasteiger partial charge in [-0.2, -0.15) is 0 Å². The minimum absolute atomic E-state index is 0.0870. The maximum absolute atomic E-state index is 13.2. The van der Waals surface area contributed by atoms with Gasteiger partial charge in [-0.3, -0.25) is 10.1 Å². The summed E-state index contributed by atoms with van der Waals surface area (Å²) in [4.78, 5) is 19.7. The van der Waals surface area contributed by atoms with Gasteiger partial charge >= 0.3 is 5.69 Å². The molecule has 2 rings (SSSR count). The van der Waals surface area contributed by atoms with Gasteiger partial charge < -0.3 is 10.3 Å². The Morgan fingerprint density at radius 2 is 2.24 bits per heavy atom. The van der Waals surface area contributed by atoms with E-state index in [2.05, 4.69) is 15.4 Å². The Labute approximate surface area is 119 Å². The Kier molecular flexibility index (Phi) is 4.24. The van der Waals surface area contributed by atoms with Crippen LogP contribution in [0, 0.1) is 15.9 Å². The predicted octanol–water partition coefficient (Wildman–Crippen LogP) is 1.45. The third kappa shape index (κ3) is 3.20. The predicted molar refractivity (Wildman–Crippen MR) is 75.0 cm³/mol. The number of nitrogens with zero attached hydrogens (tertiary/aromatic N) is 4. The van der Waals surface area contributed by atoms with Crippen molar-refractivity contribution in [1.29, 1.82) is 0 Å². The van der Waals surface area contributed by atoms with Crippen molar-refractivity contribution < 1.29 is 9.31 Å². The van der Waals surface area contributed by atoms with E-state index in [0.29, 0.717) is 5.56 Å². The summed E-state index contributed by atoms with van der Waals surface area (Å²) >= 11 is 0. The zero-order chi connectivity index (χ0) is 15.4. The second kappa shape index (κ2) is 6.09. The van der Waals surface area contributed by atoms with Crippen LogP contribution >= 0.6 is 0 Å². The summed E-state index contributed by atoms with van der Waals surface area (Å²) in [6.45, 7) is 0.250. The molecule has 0 aliphatic heterocycles. The number of anilines is 2. The lowest BCUT2D eigenvalue weighted by Gasteiger charge is -2.18. The van der Waals surface area contributed by atoms with Gasteiger partial charge in [0.05, 0.1) is 4.92 Å². The highest BCUT2D eigenvalue weighted by Gasteiger charge is 2.25. The summed E-state index contributed by atoms with van der Waals surface area (Å²) in [7, 11) is 1.61. The molecule has 0 radical (unpaired) electrons. The van der Waals surface area contributed by atoms with E-state index in [4.69, 9.17) is 5.84 Å². The van der Waals surface area contributed by atoms with E-state index in [1.807, 2.05) is 0 Å². The average Bonchev–Trinajstić information content (AvgIpc) is 2.46. The number of nitrogens with one attached hydrogen (secondary N) is 1. The molecule has 0 atom stereocenters. The molecule has 0 saturated heterocycles. The van der Waals surface area contributed by atoms with E-state index in [0.717, 1.165) is 0 Å². The van der Waals surface area contributed by atoms with Crippen LogP contribution in [0.3, 0.4) is 0 Å². The molecule has 0 unspecified atom stereocenters. The molecule has 8 nitrogen and oxygen atoms in total. The van der Waals surface area contributed by atoms with Crippen LogP contribution in [0.15, 0.2) is 30.6 Å².